The second-order valence-electron chi connectivity index (χ2n) is 6.73. The highest BCUT2D eigenvalue weighted by Crippen LogP contribution is 2.36. The van der Waals surface area contributed by atoms with E-state index in [0.717, 1.165) is 46.1 Å². The quantitative estimate of drug-likeness (QED) is 0.660. The number of hydrogen-bond acceptors (Lipinski definition) is 3. The van der Waals surface area contributed by atoms with Crippen LogP contribution in [0.1, 0.15) is 65.7 Å². The molecule has 1 heterocycles. The van der Waals surface area contributed by atoms with Crippen LogP contribution in [0.25, 0.3) is 10.9 Å². The summed E-state index contributed by atoms with van der Waals surface area (Å²) < 4.78 is 12.9. The van der Waals surface area contributed by atoms with Crippen molar-refractivity contribution in [1.29, 1.82) is 0 Å². The topological polar surface area (TPSA) is 47.1 Å². The third kappa shape index (κ3) is 4.70. The first kappa shape index (κ1) is 18.3. The van der Waals surface area contributed by atoms with Crippen LogP contribution in [0.3, 0.4) is 0 Å². The minimum absolute atomic E-state index is 0.0183. The molecule has 5 heteroatoms. The molecule has 0 bridgehead atoms. The van der Waals surface area contributed by atoms with Crippen LogP contribution in [0.15, 0.2) is 16.6 Å². The lowest BCUT2D eigenvalue weighted by Gasteiger charge is -2.27. The molecule has 2 aromatic rings. The molecule has 1 unspecified atom stereocenters. The number of aromatic amines is 1. The monoisotopic (exact) mass is 382 g/mol. The smallest absolute Gasteiger partial charge is 0.135 e. The predicted octanol–water partition coefficient (Wildman–Crippen LogP) is 5.77. The summed E-state index contributed by atoms with van der Waals surface area (Å²) in [6.07, 6.45) is 3.27. The average Bonchev–Trinajstić information content (AvgIpc) is 2.85. The number of benzene rings is 1. The zero-order chi connectivity index (χ0) is 17.0. The van der Waals surface area contributed by atoms with Gasteiger partial charge in [-0.25, -0.2) is 0 Å². The maximum absolute atomic E-state index is 6.29. The van der Waals surface area contributed by atoms with E-state index in [1.807, 2.05) is 13.0 Å². The summed E-state index contributed by atoms with van der Waals surface area (Å²) in [5.74, 6) is 0.819. The van der Waals surface area contributed by atoms with E-state index < -0.39 is 0 Å². The van der Waals surface area contributed by atoms with Crippen LogP contribution in [-0.4, -0.2) is 22.4 Å². The SMILES string of the molecule is CCCCC(OC(C)(C)C)c1[nH]nc2cc(OCC)c(Br)cc12. The normalized spacial score (nSPS) is 13.5. The molecule has 0 aliphatic carbocycles. The zero-order valence-corrected chi connectivity index (χ0v) is 16.3. The van der Waals surface area contributed by atoms with Crippen LogP contribution >= 0.6 is 15.9 Å². The number of rotatable bonds is 7. The fraction of sp³-hybridized carbons (Fsp3) is 0.611. The van der Waals surface area contributed by atoms with Gasteiger partial charge in [0, 0.05) is 11.5 Å². The van der Waals surface area contributed by atoms with Crippen molar-refractivity contribution < 1.29 is 9.47 Å². The van der Waals surface area contributed by atoms with Gasteiger partial charge in [-0.15, -0.1) is 0 Å². The number of hydrogen-bond donors (Lipinski definition) is 1. The first-order valence-corrected chi connectivity index (χ1v) is 9.13. The largest absolute Gasteiger partial charge is 0.493 e. The molecule has 1 aromatic carbocycles. The maximum Gasteiger partial charge on any atom is 0.135 e. The molecule has 0 fully saturated rings. The molecule has 0 spiro atoms. The number of unbranched alkanes of at least 4 members (excludes halogenated alkanes) is 1. The van der Waals surface area contributed by atoms with E-state index in [4.69, 9.17) is 9.47 Å². The molecule has 23 heavy (non-hydrogen) atoms. The molecule has 1 aromatic heterocycles. The van der Waals surface area contributed by atoms with Crippen molar-refractivity contribution in [3.8, 4) is 5.75 Å². The lowest BCUT2D eigenvalue weighted by Crippen LogP contribution is -2.23. The Kier molecular flexibility index (Phi) is 6.09. The summed E-state index contributed by atoms with van der Waals surface area (Å²) >= 11 is 3.59. The van der Waals surface area contributed by atoms with Crippen molar-refractivity contribution >= 4 is 26.8 Å². The fourth-order valence-electron chi connectivity index (χ4n) is 2.62. The van der Waals surface area contributed by atoms with E-state index in [1.54, 1.807) is 0 Å². The Balaban J connectivity index is 2.40. The van der Waals surface area contributed by atoms with E-state index >= 15 is 0 Å². The Morgan fingerprint density at radius 1 is 1.26 bits per heavy atom. The third-order valence-electron chi connectivity index (χ3n) is 3.57. The molecular formula is C18H27BrN2O2. The van der Waals surface area contributed by atoms with Gasteiger partial charge in [0.1, 0.15) is 11.9 Å². The number of ether oxygens (including phenoxy) is 2. The highest BCUT2D eigenvalue weighted by Gasteiger charge is 2.24. The van der Waals surface area contributed by atoms with Gasteiger partial charge in [0.25, 0.3) is 0 Å². The predicted molar refractivity (Wildman–Crippen MR) is 98.1 cm³/mol. The minimum Gasteiger partial charge on any atom is -0.493 e. The standard InChI is InChI=1S/C18H27BrN2O2/c1-6-8-9-15(23-18(3,4)5)17-12-10-13(19)16(22-7-2)11-14(12)20-21-17/h10-11,15H,6-9H2,1-5H3,(H,20,21). The molecule has 0 aliphatic heterocycles. The van der Waals surface area contributed by atoms with Gasteiger partial charge >= 0.3 is 0 Å². The van der Waals surface area contributed by atoms with Gasteiger partial charge < -0.3 is 9.47 Å². The van der Waals surface area contributed by atoms with Gasteiger partial charge in [0.05, 0.1) is 27.9 Å². The summed E-state index contributed by atoms with van der Waals surface area (Å²) in [6.45, 7) is 11.1. The van der Waals surface area contributed by atoms with Gasteiger partial charge in [-0.3, -0.25) is 5.10 Å². The van der Waals surface area contributed by atoms with Gasteiger partial charge in [0.2, 0.25) is 0 Å². The van der Waals surface area contributed by atoms with Crippen molar-refractivity contribution in [1.82, 2.24) is 10.2 Å². The number of nitrogens with one attached hydrogen (secondary N) is 1. The highest BCUT2D eigenvalue weighted by molar-refractivity contribution is 9.10. The molecule has 2 rings (SSSR count). The Bertz CT molecular complexity index is 646. The maximum atomic E-state index is 6.29. The van der Waals surface area contributed by atoms with Gasteiger partial charge in [-0.2, -0.15) is 5.10 Å². The number of halogens is 1. The van der Waals surface area contributed by atoms with Gasteiger partial charge in [-0.1, -0.05) is 19.8 Å². The summed E-state index contributed by atoms with van der Waals surface area (Å²) in [6, 6.07) is 4.04. The summed E-state index contributed by atoms with van der Waals surface area (Å²) in [5.41, 5.74) is 1.76. The van der Waals surface area contributed by atoms with Gasteiger partial charge in [-0.05, 0) is 56.1 Å². The van der Waals surface area contributed by atoms with Crippen molar-refractivity contribution in [2.45, 2.75) is 65.6 Å². The van der Waals surface area contributed by atoms with Crippen molar-refractivity contribution in [2.75, 3.05) is 6.61 Å². The molecule has 4 nitrogen and oxygen atoms in total. The lowest BCUT2D eigenvalue weighted by molar-refractivity contribution is -0.0670. The van der Waals surface area contributed by atoms with Crippen LogP contribution in [0, 0.1) is 0 Å². The molecule has 1 N–H and O–H groups in total. The van der Waals surface area contributed by atoms with Crippen molar-refractivity contribution in [2.24, 2.45) is 0 Å². The average molecular weight is 383 g/mol. The molecule has 128 valence electrons. The number of nitrogens with zero attached hydrogens (tertiary/aromatic N) is 1. The van der Waals surface area contributed by atoms with Crippen molar-refractivity contribution in [3.05, 3.63) is 22.3 Å². The molecule has 0 aliphatic rings. The Morgan fingerprint density at radius 2 is 2.00 bits per heavy atom. The Morgan fingerprint density at radius 3 is 2.61 bits per heavy atom. The second kappa shape index (κ2) is 7.67. The number of fused-ring (bicyclic) bond motifs is 1. The molecule has 0 saturated carbocycles. The zero-order valence-electron chi connectivity index (χ0n) is 14.7. The molecule has 0 saturated heterocycles. The third-order valence-corrected chi connectivity index (χ3v) is 4.19. The molecule has 0 amide bonds. The molecular weight excluding hydrogens is 356 g/mol. The summed E-state index contributed by atoms with van der Waals surface area (Å²) in [4.78, 5) is 0. The fourth-order valence-corrected chi connectivity index (χ4v) is 3.08. The summed E-state index contributed by atoms with van der Waals surface area (Å²) in [5, 5.41) is 8.73. The Labute approximate surface area is 147 Å². The Hall–Kier alpha value is -1.07. The minimum atomic E-state index is -0.196. The van der Waals surface area contributed by atoms with Gasteiger partial charge in [0.15, 0.2) is 0 Å². The van der Waals surface area contributed by atoms with Crippen LogP contribution in [0.5, 0.6) is 5.75 Å². The summed E-state index contributed by atoms with van der Waals surface area (Å²) in [7, 11) is 0. The second-order valence-corrected chi connectivity index (χ2v) is 7.59. The number of H-pyrrole nitrogens is 1. The van der Waals surface area contributed by atoms with Crippen LogP contribution in [0.2, 0.25) is 0 Å². The van der Waals surface area contributed by atoms with Crippen LogP contribution in [-0.2, 0) is 4.74 Å². The molecule has 0 radical (unpaired) electrons. The van der Waals surface area contributed by atoms with E-state index in [1.165, 1.54) is 0 Å². The first-order chi connectivity index (χ1) is 10.9. The van der Waals surface area contributed by atoms with E-state index in [2.05, 4.69) is 59.9 Å². The van der Waals surface area contributed by atoms with Crippen molar-refractivity contribution in [3.63, 3.8) is 0 Å². The van der Waals surface area contributed by atoms with E-state index in [0.29, 0.717) is 6.61 Å². The van der Waals surface area contributed by atoms with Crippen LogP contribution < -0.4 is 4.74 Å². The number of aromatic nitrogens is 2. The molecule has 1 atom stereocenters. The van der Waals surface area contributed by atoms with E-state index in [-0.39, 0.29) is 11.7 Å². The highest BCUT2D eigenvalue weighted by atomic mass is 79.9. The van der Waals surface area contributed by atoms with E-state index in [9.17, 15) is 0 Å². The first-order valence-electron chi connectivity index (χ1n) is 8.33. The van der Waals surface area contributed by atoms with Crippen LogP contribution in [0.4, 0.5) is 0 Å². The lowest BCUT2D eigenvalue weighted by atomic mass is 10.0.